The molecule has 0 unspecified atom stereocenters. The average Bonchev–Trinajstić information content (AvgIpc) is 2.50. The van der Waals surface area contributed by atoms with Crippen molar-refractivity contribution in [3.63, 3.8) is 0 Å². The van der Waals surface area contributed by atoms with Crippen LogP contribution in [0.1, 0.15) is 5.56 Å². The van der Waals surface area contributed by atoms with Gasteiger partial charge in [-0.3, -0.25) is 15.5 Å². The minimum absolute atomic E-state index is 0.0482. The van der Waals surface area contributed by atoms with Gasteiger partial charge in [-0.2, -0.15) is 5.10 Å². The van der Waals surface area contributed by atoms with E-state index < -0.39 is 4.92 Å². The van der Waals surface area contributed by atoms with Gasteiger partial charge in [0.15, 0.2) is 11.5 Å². The molecule has 0 saturated carbocycles. The molecule has 2 aromatic rings. The van der Waals surface area contributed by atoms with Crippen molar-refractivity contribution in [1.29, 1.82) is 0 Å². The molecule has 1 aromatic carbocycles. The molecule has 0 bridgehead atoms. The van der Waals surface area contributed by atoms with E-state index >= 15 is 0 Å². The molecule has 0 radical (unpaired) electrons. The summed E-state index contributed by atoms with van der Waals surface area (Å²) in [6.45, 7) is 0. The molecule has 0 fully saturated rings. The second-order valence-electron chi connectivity index (χ2n) is 4.07. The van der Waals surface area contributed by atoms with E-state index in [1.807, 2.05) is 0 Å². The van der Waals surface area contributed by atoms with Gasteiger partial charge < -0.3 is 9.84 Å². The van der Waals surface area contributed by atoms with Crippen molar-refractivity contribution >= 4 is 33.6 Å². The molecule has 0 aliphatic rings. The number of aromatic nitrogens is 1. The van der Waals surface area contributed by atoms with Crippen molar-refractivity contribution < 1.29 is 14.8 Å². The first kappa shape index (κ1) is 15.7. The lowest BCUT2D eigenvalue weighted by molar-refractivity contribution is -0.385. The maximum atomic E-state index is 10.5. The van der Waals surface area contributed by atoms with Gasteiger partial charge in [0.1, 0.15) is 12.0 Å². The van der Waals surface area contributed by atoms with E-state index in [-0.39, 0.29) is 11.4 Å². The van der Waals surface area contributed by atoms with Crippen LogP contribution in [0.15, 0.2) is 40.0 Å². The summed E-state index contributed by atoms with van der Waals surface area (Å²) in [4.78, 5) is 13.8. The average molecular weight is 367 g/mol. The van der Waals surface area contributed by atoms with E-state index in [1.54, 1.807) is 12.1 Å². The number of nitrogens with one attached hydrogen (secondary N) is 1. The number of phenolic OH excluding ortho intramolecular Hbond substituents is 1. The largest absolute Gasteiger partial charge is 0.504 e. The predicted octanol–water partition coefficient (Wildman–Crippen LogP) is 2.91. The van der Waals surface area contributed by atoms with Gasteiger partial charge in [-0.1, -0.05) is 15.9 Å². The van der Waals surface area contributed by atoms with Crippen LogP contribution in [0.25, 0.3) is 0 Å². The van der Waals surface area contributed by atoms with Crippen LogP contribution in [-0.2, 0) is 0 Å². The minimum atomic E-state index is -0.536. The van der Waals surface area contributed by atoms with Crippen LogP contribution in [0.3, 0.4) is 0 Å². The number of methoxy groups -OCH3 is 1. The van der Waals surface area contributed by atoms with Gasteiger partial charge in [0.2, 0.25) is 0 Å². The topological polar surface area (TPSA) is 110 Å². The number of nitro groups is 1. The highest BCUT2D eigenvalue weighted by atomic mass is 79.9. The molecule has 114 valence electrons. The third-order valence-corrected chi connectivity index (χ3v) is 3.09. The van der Waals surface area contributed by atoms with Gasteiger partial charge >= 0.3 is 0 Å². The molecule has 0 spiro atoms. The lowest BCUT2D eigenvalue weighted by Gasteiger charge is -2.06. The quantitative estimate of drug-likeness (QED) is 0.478. The molecule has 2 N–H and O–H groups in total. The summed E-state index contributed by atoms with van der Waals surface area (Å²) in [6, 6.07) is 6.02. The Labute approximate surface area is 133 Å². The van der Waals surface area contributed by atoms with Gasteiger partial charge in [-0.05, 0) is 18.2 Å². The highest BCUT2D eigenvalue weighted by Gasteiger charge is 2.08. The standard InChI is InChI=1S/C13H11BrN4O4/c1-22-11-5-9(14)4-8(13(11)19)6-16-17-12-3-2-10(7-15-12)18(20)21/h2-7,19H,1H3,(H,15,17)/b16-6+. The first-order valence-corrected chi connectivity index (χ1v) is 6.76. The molecule has 0 saturated heterocycles. The van der Waals surface area contributed by atoms with Gasteiger partial charge in [0.05, 0.1) is 18.2 Å². The number of ether oxygens (including phenoxy) is 1. The Balaban J connectivity index is 2.12. The molecule has 1 aromatic heterocycles. The number of pyridine rings is 1. The zero-order valence-corrected chi connectivity index (χ0v) is 12.9. The van der Waals surface area contributed by atoms with Crippen LogP contribution < -0.4 is 10.2 Å². The third-order valence-electron chi connectivity index (χ3n) is 2.63. The number of nitrogens with zero attached hydrogens (tertiary/aromatic N) is 3. The molecule has 0 aliphatic heterocycles. The predicted molar refractivity (Wildman–Crippen MR) is 84.5 cm³/mol. The summed E-state index contributed by atoms with van der Waals surface area (Å²) in [5.74, 6) is 0.598. The summed E-state index contributed by atoms with van der Waals surface area (Å²) in [7, 11) is 1.45. The number of hydrogen-bond acceptors (Lipinski definition) is 7. The second-order valence-corrected chi connectivity index (χ2v) is 4.99. The molecule has 0 aliphatic carbocycles. The smallest absolute Gasteiger partial charge is 0.287 e. The highest BCUT2D eigenvalue weighted by Crippen LogP contribution is 2.32. The van der Waals surface area contributed by atoms with Gasteiger partial charge in [0, 0.05) is 16.1 Å². The number of aromatic hydroxyl groups is 1. The van der Waals surface area contributed by atoms with Crippen LogP contribution in [0, 0.1) is 10.1 Å². The minimum Gasteiger partial charge on any atom is -0.504 e. The van der Waals surface area contributed by atoms with E-state index in [4.69, 9.17) is 4.74 Å². The van der Waals surface area contributed by atoms with E-state index in [9.17, 15) is 15.2 Å². The van der Waals surface area contributed by atoms with Crippen molar-refractivity contribution in [3.05, 3.63) is 50.6 Å². The zero-order chi connectivity index (χ0) is 16.1. The Hall–Kier alpha value is -2.68. The fourth-order valence-electron chi connectivity index (χ4n) is 1.58. The molecule has 9 heteroatoms. The number of rotatable bonds is 5. The molecular formula is C13H11BrN4O4. The lowest BCUT2D eigenvalue weighted by atomic mass is 10.2. The number of benzene rings is 1. The third kappa shape index (κ3) is 3.70. The van der Waals surface area contributed by atoms with Gasteiger partial charge in [-0.25, -0.2) is 4.98 Å². The summed E-state index contributed by atoms with van der Waals surface area (Å²) < 4.78 is 5.75. The molecule has 2 rings (SSSR count). The van der Waals surface area contributed by atoms with Crippen molar-refractivity contribution in [1.82, 2.24) is 4.98 Å². The fraction of sp³-hybridized carbons (Fsp3) is 0.0769. The molecule has 22 heavy (non-hydrogen) atoms. The fourth-order valence-corrected chi connectivity index (χ4v) is 2.03. The van der Waals surface area contributed by atoms with E-state index in [0.29, 0.717) is 17.1 Å². The SMILES string of the molecule is COc1cc(Br)cc(/C=N/Nc2ccc([N+](=O)[O-])cn2)c1O. The van der Waals surface area contributed by atoms with Crippen LogP contribution >= 0.6 is 15.9 Å². The number of phenols is 1. The van der Waals surface area contributed by atoms with Crippen molar-refractivity contribution in [2.75, 3.05) is 12.5 Å². The number of anilines is 1. The van der Waals surface area contributed by atoms with Crippen LogP contribution in [0.2, 0.25) is 0 Å². The Kier molecular flexibility index (Phi) is 4.89. The second kappa shape index (κ2) is 6.85. The monoisotopic (exact) mass is 366 g/mol. The normalized spacial score (nSPS) is 10.6. The molecule has 0 atom stereocenters. The molecule has 8 nitrogen and oxygen atoms in total. The number of hydrogen-bond donors (Lipinski definition) is 2. The Morgan fingerprint density at radius 1 is 1.50 bits per heavy atom. The molecule has 0 amide bonds. The molecular weight excluding hydrogens is 356 g/mol. The van der Waals surface area contributed by atoms with Gasteiger partial charge in [0.25, 0.3) is 5.69 Å². The zero-order valence-electron chi connectivity index (χ0n) is 11.4. The Bertz CT molecular complexity index is 719. The summed E-state index contributed by atoms with van der Waals surface area (Å²) >= 11 is 3.30. The van der Waals surface area contributed by atoms with Gasteiger partial charge in [-0.15, -0.1) is 0 Å². The van der Waals surface area contributed by atoms with Crippen LogP contribution in [0.4, 0.5) is 11.5 Å². The Morgan fingerprint density at radius 3 is 2.86 bits per heavy atom. The van der Waals surface area contributed by atoms with Crippen molar-refractivity contribution in [2.45, 2.75) is 0 Å². The molecule has 1 heterocycles. The number of halogens is 1. The highest BCUT2D eigenvalue weighted by molar-refractivity contribution is 9.10. The summed E-state index contributed by atoms with van der Waals surface area (Å²) in [5, 5.41) is 24.4. The maximum Gasteiger partial charge on any atom is 0.287 e. The van der Waals surface area contributed by atoms with Crippen LogP contribution in [-0.4, -0.2) is 28.3 Å². The summed E-state index contributed by atoms with van der Waals surface area (Å²) in [6.07, 6.45) is 2.50. The Morgan fingerprint density at radius 2 is 2.27 bits per heavy atom. The van der Waals surface area contributed by atoms with Crippen LogP contribution in [0.5, 0.6) is 11.5 Å². The number of hydrazone groups is 1. The maximum absolute atomic E-state index is 10.5. The summed E-state index contributed by atoms with van der Waals surface area (Å²) in [5.41, 5.74) is 2.94. The first-order valence-electron chi connectivity index (χ1n) is 5.97. The van der Waals surface area contributed by atoms with E-state index in [1.165, 1.54) is 25.5 Å². The van der Waals surface area contributed by atoms with Crippen molar-refractivity contribution in [2.24, 2.45) is 5.10 Å². The van der Waals surface area contributed by atoms with E-state index in [2.05, 4.69) is 31.4 Å². The van der Waals surface area contributed by atoms with E-state index in [0.717, 1.165) is 10.7 Å². The van der Waals surface area contributed by atoms with Crippen molar-refractivity contribution in [3.8, 4) is 11.5 Å². The lowest BCUT2D eigenvalue weighted by Crippen LogP contribution is -1.96. The first-order chi connectivity index (χ1) is 10.5.